The van der Waals surface area contributed by atoms with Gasteiger partial charge in [-0.2, -0.15) is 5.10 Å². The lowest BCUT2D eigenvalue weighted by Gasteiger charge is -2.15. The third kappa shape index (κ3) is 4.34. The number of hydrogen-bond acceptors (Lipinski definition) is 5. The van der Waals surface area contributed by atoms with Gasteiger partial charge in [-0.3, -0.25) is 4.57 Å². The standard InChI is InChI=1S/C25H18F6N6O/c1-11-7-19(24(30)31)35-37(11)25-13(12(2)38)3-6-21(34-25)36-10-32-18-8-15(27)17(9-20(18)36)33-16-5-4-14(26)22(28)23(16)29/h3-10,12,24,33,38H,1-2H3. The minimum atomic E-state index is -2.81. The quantitative estimate of drug-likeness (QED) is 0.201. The molecular weight excluding hydrogens is 514 g/mol. The van der Waals surface area contributed by atoms with Crippen molar-refractivity contribution in [1.82, 2.24) is 24.3 Å². The summed E-state index contributed by atoms with van der Waals surface area (Å²) in [7, 11) is 0. The number of halogens is 6. The molecule has 0 saturated carbocycles. The fraction of sp³-hybridized carbons (Fsp3) is 0.160. The van der Waals surface area contributed by atoms with Crippen LogP contribution in [-0.2, 0) is 0 Å². The number of fused-ring (bicyclic) bond motifs is 1. The van der Waals surface area contributed by atoms with E-state index in [4.69, 9.17) is 0 Å². The molecule has 7 nitrogen and oxygen atoms in total. The Morgan fingerprint density at radius 3 is 2.37 bits per heavy atom. The fourth-order valence-corrected chi connectivity index (χ4v) is 3.97. The number of hydrogen-bond donors (Lipinski definition) is 2. The van der Waals surface area contributed by atoms with Crippen molar-refractivity contribution in [2.75, 3.05) is 5.32 Å². The van der Waals surface area contributed by atoms with E-state index in [1.54, 1.807) is 6.92 Å². The first kappa shape index (κ1) is 25.3. The zero-order chi connectivity index (χ0) is 27.3. The van der Waals surface area contributed by atoms with Gasteiger partial charge in [0.1, 0.15) is 23.7 Å². The smallest absolute Gasteiger partial charge is 0.282 e. The van der Waals surface area contributed by atoms with Crippen LogP contribution in [-0.4, -0.2) is 29.4 Å². The van der Waals surface area contributed by atoms with E-state index < -0.39 is 47.2 Å². The van der Waals surface area contributed by atoms with Gasteiger partial charge in [-0.25, -0.2) is 41.0 Å². The largest absolute Gasteiger partial charge is 0.389 e. The lowest BCUT2D eigenvalue weighted by atomic mass is 10.1. The number of benzene rings is 2. The molecule has 38 heavy (non-hydrogen) atoms. The van der Waals surface area contributed by atoms with Gasteiger partial charge in [0, 0.05) is 17.3 Å². The number of aliphatic hydroxyl groups is 1. The summed E-state index contributed by atoms with van der Waals surface area (Å²) in [4.78, 5) is 8.67. The summed E-state index contributed by atoms with van der Waals surface area (Å²) in [6.45, 7) is 3.04. The maximum absolute atomic E-state index is 14.7. The highest BCUT2D eigenvalue weighted by Gasteiger charge is 2.21. The number of aliphatic hydroxyl groups excluding tert-OH is 1. The molecule has 0 aliphatic carbocycles. The van der Waals surface area contributed by atoms with E-state index in [0.29, 0.717) is 22.8 Å². The zero-order valence-corrected chi connectivity index (χ0v) is 19.7. The van der Waals surface area contributed by atoms with Crippen LogP contribution in [0.1, 0.15) is 36.4 Å². The fourth-order valence-electron chi connectivity index (χ4n) is 3.97. The van der Waals surface area contributed by atoms with Crippen molar-refractivity contribution < 1.29 is 31.4 Å². The van der Waals surface area contributed by atoms with Crippen molar-refractivity contribution in [3.63, 3.8) is 0 Å². The summed E-state index contributed by atoms with van der Waals surface area (Å²) < 4.78 is 85.0. The van der Waals surface area contributed by atoms with E-state index in [9.17, 15) is 31.4 Å². The highest BCUT2D eigenvalue weighted by molar-refractivity contribution is 5.82. The van der Waals surface area contributed by atoms with E-state index in [1.165, 1.54) is 46.8 Å². The Bertz CT molecular complexity index is 1680. The number of pyridine rings is 1. The molecule has 0 spiro atoms. The Balaban J connectivity index is 1.62. The van der Waals surface area contributed by atoms with Crippen molar-refractivity contribution in [3.05, 3.63) is 89.0 Å². The molecule has 5 rings (SSSR count). The Hall–Kier alpha value is -4.39. The molecule has 0 saturated heterocycles. The van der Waals surface area contributed by atoms with Gasteiger partial charge in [0.2, 0.25) is 0 Å². The van der Waals surface area contributed by atoms with Gasteiger partial charge in [-0.1, -0.05) is 0 Å². The predicted octanol–water partition coefficient (Wildman–Crippen LogP) is 6.21. The minimum absolute atomic E-state index is 0.0908. The molecule has 0 bridgehead atoms. The normalized spacial score (nSPS) is 12.5. The van der Waals surface area contributed by atoms with Gasteiger partial charge in [0.15, 0.2) is 23.3 Å². The molecule has 5 aromatic rings. The summed E-state index contributed by atoms with van der Waals surface area (Å²) in [6.07, 6.45) is -2.49. The first-order valence-corrected chi connectivity index (χ1v) is 11.2. The topological polar surface area (TPSA) is 80.8 Å². The van der Waals surface area contributed by atoms with E-state index in [2.05, 4.69) is 20.4 Å². The summed E-state index contributed by atoms with van der Waals surface area (Å²) in [5.74, 6) is -5.14. The Morgan fingerprint density at radius 1 is 0.921 bits per heavy atom. The lowest BCUT2D eigenvalue weighted by molar-refractivity contribution is 0.145. The molecule has 13 heteroatoms. The van der Waals surface area contributed by atoms with Crippen LogP contribution in [0.25, 0.3) is 22.7 Å². The molecule has 0 aliphatic heterocycles. The average Bonchev–Trinajstić information content (AvgIpc) is 3.47. The van der Waals surface area contributed by atoms with Crippen LogP contribution in [0.4, 0.5) is 37.7 Å². The van der Waals surface area contributed by atoms with Gasteiger partial charge in [0.25, 0.3) is 6.43 Å². The molecule has 1 unspecified atom stereocenters. The van der Waals surface area contributed by atoms with Crippen LogP contribution in [0.2, 0.25) is 0 Å². The third-order valence-corrected chi connectivity index (χ3v) is 5.86. The first-order valence-electron chi connectivity index (χ1n) is 11.2. The molecule has 0 radical (unpaired) electrons. The maximum atomic E-state index is 14.7. The van der Waals surface area contributed by atoms with Crippen LogP contribution in [0.3, 0.4) is 0 Å². The van der Waals surface area contributed by atoms with Crippen LogP contribution in [0, 0.1) is 30.2 Å². The van der Waals surface area contributed by atoms with E-state index in [0.717, 1.165) is 12.1 Å². The number of nitrogens with zero attached hydrogens (tertiary/aromatic N) is 5. The van der Waals surface area contributed by atoms with Gasteiger partial charge in [0.05, 0.1) is 28.5 Å². The number of imidazole rings is 1. The van der Waals surface area contributed by atoms with E-state index in [-0.39, 0.29) is 22.8 Å². The van der Waals surface area contributed by atoms with Crippen molar-refractivity contribution >= 4 is 22.4 Å². The molecule has 3 aromatic heterocycles. The Labute approximate surface area is 211 Å². The lowest BCUT2D eigenvalue weighted by Crippen LogP contribution is -2.11. The van der Waals surface area contributed by atoms with Gasteiger partial charge in [-0.15, -0.1) is 0 Å². The summed E-state index contributed by atoms with van der Waals surface area (Å²) in [5.41, 5.74) is -0.0529. The number of anilines is 2. The summed E-state index contributed by atoms with van der Waals surface area (Å²) in [5, 5.41) is 16.6. The highest BCUT2D eigenvalue weighted by atomic mass is 19.3. The van der Waals surface area contributed by atoms with Crippen LogP contribution < -0.4 is 5.32 Å². The Kier molecular flexibility index (Phi) is 6.31. The van der Waals surface area contributed by atoms with E-state index in [1.807, 2.05) is 0 Å². The van der Waals surface area contributed by atoms with Crippen molar-refractivity contribution in [1.29, 1.82) is 0 Å². The third-order valence-electron chi connectivity index (χ3n) is 5.86. The number of alkyl halides is 2. The summed E-state index contributed by atoms with van der Waals surface area (Å²) in [6, 6.07) is 8.24. The SMILES string of the molecule is Cc1cc(C(F)F)nn1-c1nc(-n2cnc3cc(F)c(Nc4ccc(F)c(F)c4F)cc32)ccc1C(C)O. The molecular formula is C25H18F6N6O. The minimum Gasteiger partial charge on any atom is -0.389 e. The van der Waals surface area contributed by atoms with Crippen LogP contribution >= 0.6 is 0 Å². The average molecular weight is 532 g/mol. The van der Waals surface area contributed by atoms with Gasteiger partial charge >= 0.3 is 0 Å². The second kappa shape index (κ2) is 9.49. The van der Waals surface area contributed by atoms with Crippen LogP contribution in [0.15, 0.2) is 48.8 Å². The van der Waals surface area contributed by atoms with Crippen molar-refractivity contribution in [2.45, 2.75) is 26.4 Å². The van der Waals surface area contributed by atoms with E-state index >= 15 is 0 Å². The molecule has 0 fully saturated rings. The molecule has 3 heterocycles. The van der Waals surface area contributed by atoms with Crippen molar-refractivity contribution in [2.24, 2.45) is 0 Å². The second-order valence-electron chi connectivity index (χ2n) is 8.46. The zero-order valence-electron chi connectivity index (χ0n) is 19.7. The number of rotatable bonds is 6. The monoisotopic (exact) mass is 532 g/mol. The predicted molar refractivity (Wildman–Crippen MR) is 126 cm³/mol. The summed E-state index contributed by atoms with van der Waals surface area (Å²) >= 11 is 0. The molecule has 196 valence electrons. The first-order chi connectivity index (χ1) is 18.0. The molecule has 2 aromatic carbocycles. The second-order valence-corrected chi connectivity index (χ2v) is 8.46. The Morgan fingerprint density at radius 2 is 1.68 bits per heavy atom. The molecule has 0 aliphatic rings. The number of aryl methyl sites for hydroxylation is 1. The number of aromatic nitrogens is 5. The number of nitrogens with one attached hydrogen (secondary N) is 1. The van der Waals surface area contributed by atoms with Gasteiger partial charge in [-0.05, 0) is 50.2 Å². The molecule has 0 amide bonds. The molecule has 2 N–H and O–H groups in total. The van der Waals surface area contributed by atoms with Crippen LogP contribution in [0.5, 0.6) is 0 Å². The molecule has 1 atom stereocenters. The van der Waals surface area contributed by atoms with Crippen molar-refractivity contribution in [3.8, 4) is 11.6 Å². The maximum Gasteiger partial charge on any atom is 0.282 e. The highest BCUT2D eigenvalue weighted by Crippen LogP contribution is 2.30. The van der Waals surface area contributed by atoms with Gasteiger partial charge < -0.3 is 10.4 Å².